The van der Waals surface area contributed by atoms with E-state index in [9.17, 15) is 31.9 Å². The van der Waals surface area contributed by atoms with Gasteiger partial charge in [-0.25, -0.2) is 9.78 Å². The second-order valence-corrected chi connectivity index (χ2v) is 7.93. The fourth-order valence-corrected chi connectivity index (χ4v) is 2.69. The number of halogens is 5. The fourth-order valence-electron chi connectivity index (χ4n) is 2.69. The molecule has 0 spiro atoms. The summed E-state index contributed by atoms with van der Waals surface area (Å²) in [6.45, 7) is 4.89. The van der Waals surface area contributed by atoms with Crippen LogP contribution in [0.4, 0.5) is 26.7 Å². The van der Waals surface area contributed by atoms with Gasteiger partial charge in [-0.1, -0.05) is 18.2 Å². The predicted molar refractivity (Wildman–Crippen MR) is 104 cm³/mol. The molecule has 2 unspecified atom stereocenters. The monoisotopic (exact) mass is 462 g/mol. The third-order valence-electron chi connectivity index (χ3n) is 4.04. The van der Waals surface area contributed by atoms with Crippen molar-refractivity contribution in [3.63, 3.8) is 0 Å². The van der Waals surface area contributed by atoms with Crippen LogP contribution >= 0.6 is 0 Å². The zero-order valence-corrected chi connectivity index (χ0v) is 17.5. The number of alkyl carbamates (subject to hydrolysis) is 1. The van der Waals surface area contributed by atoms with Crippen LogP contribution in [0.2, 0.25) is 0 Å². The molecule has 0 bridgehead atoms. The van der Waals surface area contributed by atoms with E-state index in [0.717, 1.165) is 24.4 Å². The molecule has 1 aromatic heterocycles. The van der Waals surface area contributed by atoms with Gasteiger partial charge in [0.1, 0.15) is 17.5 Å². The topological polar surface area (TPSA) is 80.7 Å². The Balaban J connectivity index is 2.26. The van der Waals surface area contributed by atoms with Gasteiger partial charge in [0.05, 0.1) is 6.04 Å². The van der Waals surface area contributed by atoms with Crippen molar-refractivity contribution in [1.82, 2.24) is 10.3 Å². The largest absolute Gasteiger partial charge is 0.461 e. The number of carbonyl (C=O) groups is 1. The number of aromatic nitrogens is 1. The van der Waals surface area contributed by atoms with Crippen molar-refractivity contribution in [2.45, 2.75) is 57.5 Å². The number of benzene rings is 1. The van der Waals surface area contributed by atoms with Crippen molar-refractivity contribution >= 4 is 6.09 Å². The maximum atomic E-state index is 13.2. The van der Waals surface area contributed by atoms with Gasteiger partial charge in [-0.05, 0) is 51.0 Å². The first kappa shape index (κ1) is 25.3. The molecule has 0 saturated carbocycles. The highest BCUT2D eigenvalue weighted by atomic mass is 19.3. The molecule has 2 aromatic rings. The normalized spacial score (nSPS) is 14.1. The third kappa shape index (κ3) is 7.63. The first-order valence-corrected chi connectivity index (χ1v) is 9.50. The molecular formula is C21H23F5N2O4. The lowest BCUT2D eigenvalue weighted by Crippen LogP contribution is -2.43. The molecule has 0 aliphatic carbocycles. The highest BCUT2D eigenvalue weighted by Gasteiger charge is 2.44. The molecule has 176 valence electrons. The molecule has 2 rings (SSSR count). The Bertz CT molecular complexity index is 904. The van der Waals surface area contributed by atoms with Crippen LogP contribution in [0.3, 0.4) is 0 Å². The number of hydrogen-bond donors (Lipinski definition) is 2. The third-order valence-corrected chi connectivity index (χ3v) is 4.04. The lowest BCUT2D eigenvalue weighted by molar-refractivity contribution is -0.253. The van der Waals surface area contributed by atoms with Gasteiger partial charge in [0.15, 0.2) is 0 Å². The number of aliphatic hydroxyl groups is 1. The van der Waals surface area contributed by atoms with Crippen LogP contribution in [0.1, 0.15) is 38.0 Å². The van der Waals surface area contributed by atoms with Crippen molar-refractivity contribution in [2.24, 2.45) is 0 Å². The number of hydrogen-bond acceptors (Lipinski definition) is 5. The zero-order chi connectivity index (χ0) is 24.1. The van der Waals surface area contributed by atoms with E-state index in [1.807, 2.05) is 0 Å². The van der Waals surface area contributed by atoms with Crippen molar-refractivity contribution < 1.29 is 41.3 Å². The van der Waals surface area contributed by atoms with Gasteiger partial charge < -0.3 is 19.9 Å². The average molecular weight is 462 g/mol. The molecule has 11 heteroatoms. The van der Waals surface area contributed by atoms with Crippen LogP contribution in [-0.4, -0.2) is 40.4 Å². The number of alkyl halides is 4. The quantitative estimate of drug-likeness (QED) is 0.442. The van der Waals surface area contributed by atoms with Crippen LogP contribution in [0, 0.1) is 5.95 Å². The van der Waals surface area contributed by atoms with E-state index < -0.39 is 48.1 Å². The van der Waals surface area contributed by atoms with E-state index in [4.69, 9.17) is 4.74 Å². The van der Waals surface area contributed by atoms with Crippen LogP contribution < -0.4 is 10.1 Å². The van der Waals surface area contributed by atoms with E-state index in [-0.39, 0.29) is 17.5 Å². The molecular weight excluding hydrogens is 439 g/mol. The highest BCUT2D eigenvalue weighted by Crippen LogP contribution is 2.29. The Labute approximate surface area is 181 Å². The average Bonchev–Trinajstić information content (AvgIpc) is 2.66. The number of nitrogens with zero attached hydrogens (tertiary/aromatic N) is 1. The van der Waals surface area contributed by atoms with Gasteiger partial charge in [0.25, 0.3) is 0 Å². The minimum absolute atomic E-state index is 0.130. The number of ether oxygens (including phenoxy) is 2. The maximum Gasteiger partial charge on any atom is 0.461 e. The summed E-state index contributed by atoms with van der Waals surface area (Å²) in [4.78, 5) is 15.7. The molecule has 32 heavy (non-hydrogen) atoms. The fraction of sp³-hybridized carbons (Fsp3) is 0.429. The number of carbonyl (C=O) groups excluding carboxylic acids is 1. The Morgan fingerprint density at radius 2 is 1.88 bits per heavy atom. The van der Waals surface area contributed by atoms with Crippen molar-refractivity contribution in [3.05, 3.63) is 59.7 Å². The Hall–Kier alpha value is -2.95. The minimum atomic E-state index is -4.69. The van der Waals surface area contributed by atoms with Gasteiger partial charge in [-0.3, -0.25) is 0 Å². The van der Waals surface area contributed by atoms with Gasteiger partial charge in [-0.15, -0.1) is 0 Å². The van der Waals surface area contributed by atoms with Crippen molar-refractivity contribution in [3.8, 4) is 5.75 Å². The number of nitrogens with one attached hydrogen (secondary N) is 1. The number of pyridine rings is 1. The predicted octanol–water partition coefficient (Wildman–Crippen LogP) is 4.63. The van der Waals surface area contributed by atoms with Gasteiger partial charge in [0.2, 0.25) is 5.95 Å². The summed E-state index contributed by atoms with van der Waals surface area (Å²) in [5.41, 5.74) is -0.391. The first-order valence-electron chi connectivity index (χ1n) is 9.50. The van der Waals surface area contributed by atoms with Crippen molar-refractivity contribution in [2.75, 3.05) is 0 Å². The minimum Gasteiger partial charge on any atom is -0.444 e. The molecule has 2 N–H and O–H groups in total. The summed E-state index contributed by atoms with van der Waals surface area (Å²) >= 11 is 0. The smallest absolute Gasteiger partial charge is 0.444 e. The molecule has 0 aliphatic rings. The summed E-state index contributed by atoms with van der Waals surface area (Å²) in [5, 5.41) is 13.2. The molecule has 0 fully saturated rings. The second-order valence-electron chi connectivity index (χ2n) is 7.93. The van der Waals surface area contributed by atoms with E-state index in [1.54, 1.807) is 20.8 Å². The van der Waals surface area contributed by atoms with Crippen LogP contribution in [0.15, 0.2) is 42.6 Å². The molecule has 1 aromatic carbocycles. The van der Waals surface area contributed by atoms with E-state index in [0.29, 0.717) is 0 Å². The summed E-state index contributed by atoms with van der Waals surface area (Å²) in [6.07, 6.45) is -10.0. The number of rotatable bonds is 8. The number of aliphatic hydroxyl groups excluding tert-OH is 1. The molecule has 0 saturated heterocycles. The molecule has 2 atom stereocenters. The lowest BCUT2D eigenvalue weighted by Gasteiger charge is -2.27. The lowest BCUT2D eigenvalue weighted by atomic mass is 9.97. The van der Waals surface area contributed by atoms with Crippen molar-refractivity contribution in [1.29, 1.82) is 0 Å². The van der Waals surface area contributed by atoms with E-state index >= 15 is 0 Å². The molecule has 6 nitrogen and oxygen atoms in total. The number of amides is 1. The van der Waals surface area contributed by atoms with Crippen LogP contribution in [0.25, 0.3) is 0 Å². The van der Waals surface area contributed by atoms with E-state index in [2.05, 4.69) is 15.0 Å². The van der Waals surface area contributed by atoms with Gasteiger partial charge >= 0.3 is 18.6 Å². The SMILES string of the molecule is CC(C)(C)OC(=O)NC(Cc1cccc(OC(F)(F)C(F)F)c1)C(O)c1ccc(F)nc1. The summed E-state index contributed by atoms with van der Waals surface area (Å²) < 4.78 is 73.6. The summed E-state index contributed by atoms with van der Waals surface area (Å²) in [6, 6.07) is 6.12. The molecule has 0 aliphatic heterocycles. The molecule has 1 heterocycles. The standard InChI is InChI=1S/C21H23F5N2O4/c1-20(2,3)32-19(30)28-15(17(29)13-7-8-16(22)27-11-13)10-12-5-4-6-14(9-12)31-21(25,26)18(23)24/h4-9,11,15,17-18,29H,10H2,1-3H3,(H,28,30). The van der Waals surface area contributed by atoms with Crippen LogP contribution in [0.5, 0.6) is 5.75 Å². The zero-order valence-electron chi connectivity index (χ0n) is 17.5. The molecule has 0 radical (unpaired) electrons. The summed E-state index contributed by atoms with van der Waals surface area (Å²) in [7, 11) is 0. The van der Waals surface area contributed by atoms with Gasteiger partial charge in [0, 0.05) is 11.8 Å². The Morgan fingerprint density at radius 1 is 1.19 bits per heavy atom. The van der Waals surface area contributed by atoms with Gasteiger partial charge in [-0.2, -0.15) is 22.0 Å². The second kappa shape index (κ2) is 10.1. The highest BCUT2D eigenvalue weighted by molar-refractivity contribution is 5.68. The van der Waals surface area contributed by atoms with E-state index in [1.165, 1.54) is 18.2 Å². The van der Waals surface area contributed by atoms with Crippen LogP contribution in [-0.2, 0) is 11.2 Å². The maximum absolute atomic E-state index is 13.2. The first-order chi connectivity index (χ1) is 14.8. The Kier molecular flexibility index (Phi) is 8.00. The Morgan fingerprint density at radius 3 is 2.44 bits per heavy atom. The summed E-state index contributed by atoms with van der Waals surface area (Å²) in [5.74, 6) is -1.30. The molecule has 1 amide bonds.